The minimum atomic E-state index is -3.60. The van der Waals surface area contributed by atoms with Crippen molar-refractivity contribution in [2.24, 2.45) is 0 Å². The van der Waals surface area contributed by atoms with Gasteiger partial charge in [0.25, 0.3) is 10.0 Å². The van der Waals surface area contributed by atoms with E-state index in [4.69, 9.17) is 0 Å². The molecule has 0 spiro atoms. The van der Waals surface area contributed by atoms with Crippen molar-refractivity contribution < 1.29 is 13.2 Å². The lowest BCUT2D eigenvalue weighted by Gasteiger charge is -2.06. The van der Waals surface area contributed by atoms with Crippen molar-refractivity contribution in [3.63, 3.8) is 0 Å². The third-order valence-electron chi connectivity index (χ3n) is 2.98. The van der Waals surface area contributed by atoms with E-state index in [0.29, 0.717) is 11.4 Å². The zero-order valence-corrected chi connectivity index (χ0v) is 13.7. The molecule has 0 atom stereocenters. The summed E-state index contributed by atoms with van der Waals surface area (Å²) in [6.45, 7) is 3.38. The smallest absolute Gasteiger partial charge is 0.255 e. The molecule has 0 radical (unpaired) electrons. The highest BCUT2D eigenvalue weighted by Gasteiger charge is 2.05. The summed E-state index contributed by atoms with van der Waals surface area (Å²) >= 11 is 0. The highest BCUT2D eigenvalue weighted by molar-refractivity contribution is 7.95. The van der Waals surface area contributed by atoms with Crippen molar-refractivity contribution in [2.75, 3.05) is 10.0 Å². The first-order valence-corrected chi connectivity index (χ1v) is 8.54. The van der Waals surface area contributed by atoms with Gasteiger partial charge in [-0.3, -0.25) is 9.52 Å². The lowest BCUT2D eigenvalue weighted by molar-refractivity contribution is -0.114. The molecule has 120 valence electrons. The van der Waals surface area contributed by atoms with Crippen molar-refractivity contribution in [1.82, 2.24) is 0 Å². The molecule has 6 heteroatoms. The Morgan fingerprint density at radius 3 is 2.09 bits per heavy atom. The minimum Gasteiger partial charge on any atom is -0.326 e. The number of hydrogen-bond donors (Lipinski definition) is 2. The monoisotopic (exact) mass is 330 g/mol. The molecule has 0 saturated heterocycles. The molecule has 0 saturated carbocycles. The van der Waals surface area contributed by atoms with Crippen LogP contribution in [0.25, 0.3) is 6.08 Å². The fourth-order valence-corrected chi connectivity index (χ4v) is 2.74. The van der Waals surface area contributed by atoms with Crippen molar-refractivity contribution in [3.8, 4) is 0 Å². The van der Waals surface area contributed by atoms with E-state index < -0.39 is 10.0 Å². The van der Waals surface area contributed by atoms with Gasteiger partial charge in [-0.05, 0) is 42.8 Å². The predicted molar refractivity (Wildman–Crippen MR) is 93.5 cm³/mol. The largest absolute Gasteiger partial charge is 0.326 e. The fraction of sp³-hybridized carbons (Fsp3) is 0.118. The van der Waals surface area contributed by atoms with Crippen molar-refractivity contribution in [2.45, 2.75) is 13.8 Å². The third-order valence-corrected chi connectivity index (χ3v) is 4.00. The predicted octanol–water partition coefficient (Wildman–Crippen LogP) is 3.37. The van der Waals surface area contributed by atoms with Crippen LogP contribution in [-0.2, 0) is 14.8 Å². The summed E-state index contributed by atoms with van der Waals surface area (Å²) in [5.41, 5.74) is 2.95. The fourth-order valence-electron chi connectivity index (χ4n) is 1.87. The second kappa shape index (κ2) is 7.11. The van der Waals surface area contributed by atoms with E-state index in [0.717, 1.165) is 16.5 Å². The van der Waals surface area contributed by atoms with Crippen molar-refractivity contribution >= 4 is 33.4 Å². The summed E-state index contributed by atoms with van der Waals surface area (Å²) in [6.07, 6.45) is 1.54. The second-order valence-corrected chi connectivity index (χ2v) is 6.69. The van der Waals surface area contributed by atoms with Gasteiger partial charge < -0.3 is 5.32 Å². The highest BCUT2D eigenvalue weighted by atomic mass is 32.2. The molecule has 2 aromatic carbocycles. The zero-order valence-electron chi connectivity index (χ0n) is 12.9. The number of amides is 1. The molecular weight excluding hydrogens is 312 g/mol. The Labute approximate surface area is 136 Å². The summed E-state index contributed by atoms with van der Waals surface area (Å²) in [4.78, 5) is 10.9. The van der Waals surface area contributed by atoms with E-state index >= 15 is 0 Å². The molecule has 0 unspecified atom stereocenters. The number of benzene rings is 2. The van der Waals surface area contributed by atoms with Gasteiger partial charge in [0.15, 0.2) is 0 Å². The molecule has 0 bridgehead atoms. The standard InChI is InChI=1S/C17H18N2O3S/c1-13-3-5-15(6-4-13)11-12-23(21,22)19-17-9-7-16(8-10-17)18-14(2)20/h3-12,19H,1-2H3,(H,18,20)/b12-11+. The maximum atomic E-state index is 12.0. The van der Waals surface area contributed by atoms with Crippen LogP contribution in [0.4, 0.5) is 11.4 Å². The van der Waals surface area contributed by atoms with E-state index in [2.05, 4.69) is 10.0 Å². The minimum absolute atomic E-state index is 0.181. The lowest BCUT2D eigenvalue weighted by Crippen LogP contribution is -2.09. The molecule has 0 aliphatic carbocycles. The Morgan fingerprint density at radius 1 is 0.957 bits per heavy atom. The normalized spacial score (nSPS) is 11.4. The van der Waals surface area contributed by atoms with Gasteiger partial charge in [0.2, 0.25) is 5.91 Å². The molecule has 0 aromatic heterocycles. The van der Waals surface area contributed by atoms with Gasteiger partial charge in [-0.15, -0.1) is 0 Å². The van der Waals surface area contributed by atoms with Crippen LogP contribution in [0.5, 0.6) is 0 Å². The van der Waals surface area contributed by atoms with Gasteiger partial charge in [0, 0.05) is 18.3 Å². The topological polar surface area (TPSA) is 75.3 Å². The number of carbonyl (C=O) groups excluding carboxylic acids is 1. The average Bonchev–Trinajstić information content (AvgIpc) is 2.48. The van der Waals surface area contributed by atoms with E-state index in [1.165, 1.54) is 13.0 Å². The molecule has 2 aromatic rings. The molecule has 1 amide bonds. The zero-order chi connectivity index (χ0) is 16.9. The molecule has 0 heterocycles. The van der Waals surface area contributed by atoms with E-state index in [1.54, 1.807) is 24.3 Å². The SMILES string of the molecule is CC(=O)Nc1ccc(NS(=O)(=O)/C=C/c2ccc(C)cc2)cc1. The summed E-state index contributed by atoms with van der Waals surface area (Å²) < 4.78 is 26.5. The van der Waals surface area contributed by atoms with E-state index in [9.17, 15) is 13.2 Å². The van der Waals surface area contributed by atoms with Crippen LogP contribution < -0.4 is 10.0 Å². The van der Waals surface area contributed by atoms with Gasteiger partial charge in [-0.2, -0.15) is 0 Å². The first-order chi connectivity index (χ1) is 10.8. The number of hydrogen-bond acceptors (Lipinski definition) is 3. The van der Waals surface area contributed by atoms with Gasteiger partial charge >= 0.3 is 0 Å². The van der Waals surface area contributed by atoms with Crippen molar-refractivity contribution in [3.05, 3.63) is 65.1 Å². The Bertz CT molecular complexity index is 808. The van der Waals surface area contributed by atoms with Gasteiger partial charge in [-0.1, -0.05) is 29.8 Å². The molecule has 0 aliphatic heterocycles. The first kappa shape index (κ1) is 16.8. The van der Waals surface area contributed by atoms with Crippen LogP contribution in [0, 0.1) is 6.92 Å². The number of carbonyl (C=O) groups is 1. The summed E-state index contributed by atoms with van der Waals surface area (Å²) in [6, 6.07) is 14.0. The third kappa shape index (κ3) is 5.60. The molecule has 2 rings (SSSR count). The maximum absolute atomic E-state index is 12.0. The summed E-state index contributed by atoms with van der Waals surface area (Å²) in [5, 5.41) is 3.74. The van der Waals surface area contributed by atoms with E-state index in [-0.39, 0.29) is 5.91 Å². The van der Waals surface area contributed by atoms with Crippen molar-refractivity contribution in [1.29, 1.82) is 0 Å². The van der Waals surface area contributed by atoms with Crippen LogP contribution in [0.1, 0.15) is 18.1 Å². The molecule has 0 fully saturated rings. The second-order valence-electron chi connectivity index (χ2n) is 5.12. The Balaban J connectivity index is 2.05. The number of rotatable bonds is 5. The average molecular weight is 330 g/mol. The van der Waals surface area contributed by atoms with Crippen LogP contribution in [0.3, 0.4) is 0 Å². The first-order valence-electron chi connectivity index (χ1n) is 6.99. The van der Waals surface area contributed by atoms with Crippen LogP contribution in [-0.4, -0.2) is 14.3 Å². The molecule has 2 N–H and O–H groups in total. The Morgan fingerprint density at radius 2 is 1.52 bits per heavy atom. The van der Waals surface area contributed by atoms with E-state index in [1.807, 2.05) is 31.2 Å². The lowest BCUT2D eigenvalue weighted by atomic mass is 10.2. The summed E-state index contributed by atoms with van der Waals surface area (Å²) in [5.74, 6) is -0.181. The van der Waals surface area contributed by atoms with Gasteiger partial charge in [-0.25, -0.2) is 8.42 Å². The Kier molecular flexibility index (Phi) is 5.18. The summed E-state index contributed by atoms with van der Waals surface area (Å²) in [7, 11) is -3.60. The molecule has 23 heavy (non-hydrogen) atoms. The molecular formula is C17H18N2O3S. The van der Waals surface area contributed by atoms with Gasteiger partial charge in [0.1, 0.15) is 0 Å². The highest BCUT2D eigenvalue weighted by Crippen LogP contribution is 2.15. The van der Waals surface area contributed by atoms with Crippen LogP contribution >= 0.6 is 0 Å². The van der Waals surface area contributed by atoms with Crippen LogP contribution in [0.15, 0.2) is 53.9 Å². The number of nitrogens with one attached hydrogen (secondary N) is 2. The molecule has 5 nitrogen and oxygen atoms in total. The number of sulfonamides is 1. The molecule has 0 aliphatic rings. The van der Waals surface area contributed by atoms with Crippen LogP contribution in [0.2, 0.25) is 0 Å². The quantitative estimate of drug-likeness (QED) is 0.882. The maximum Gasteiger partial charge on any atom is 0.255 e. The number of anilines is 2. The number of aryl methyl sites for hydroxylation is 1. The van der Waals surface area contributed by atoms with Gasteiger partial charge in [0.05, 0.1) is 5.41 Å². The Hall–Kier alpha value is -2.60.